The number of hydrogen-bond acceptors (Lipinski definition) is 2. The Morgan fingerprint density at radius 1 is 0.704 bits per heavy atom. The molecule has 27 heavy (non-hydrogen) atoms. The minimum Gasteiger partial charge on any atom is -0.508 e. The summed E-state index contributed by atoms with van der Waals surface area (Å²) in [5.74, 6) is 0.498. The van der Waals surface area contributed by atoms with Crippen LogP contribution in [0.2, 0.25) is 0 Å². The highest BCUT2D eigenvalue weighted by atomic mass is 16.3. The Labute approximate surface area is 159 Å². The summed E-state index contributed by atoms with van der Waals surface area (Å²) in [7, 11) is 0. The van der Waals surface area contributed by atoms with Gasteiger partial charge in [-0.05, 0) is 46.9 Å². The number of aromatic hydroxyl groups is 2. The first-order chi connectivity index (χ1) is 13.2. The van der Waals surface area contributed by atoms with Crippen molar-refractivity contribution in [3.8, 4) is 11.5 Å². The Bertz CT molecular complexity index is 987. The Kier molecular flexibility index (Phi) is 4.55. The van der Waals surface area contributed by atoms with Crippen molar-refractivity contribution in [2.75, 3.05) is 0 Å². The number of benzene rings is 3. The van der Waals surface area contributed by atoms with Crippen molar-refractivity contribution in [1.29, 1.82) is 0 Å². The Hall–Kier alpha value is -3.26. The van der Waals surface area contributed by atoms with Gasteiger partial charge in [0.2, 0.25) is 0 Å². The lowest BCUT2D eigenvalue weighted by Crippen LogP contribution is -2.12. The zero-order chi connectivity index (χ0) is 18.8. The monoisotopic (exact) mass is 354 g/mol. The van der Waals surface area contributed by atoms with Crippen LogP contribution in [0.1, 0.15) is 29.2 Å². The maximum absolute atomic E-state index is 10.4. The second-order valence-electron chi connectivity index (χ2n) is 6.81. The molecule has 3 aromatic carbocycles. The molecule has 0 saturated heterocycles. The first kappa shape index (κ1) is 17.2. The first-order valence-corrected chi connectivity index (χ1v) is 9.21. The molecule has 2 heteroatoms. The molecule has 0 radical (unpaired) electrons. The van der Waals surface area contributed by atoms with Crippen molar-refractivity contribution in [2.24, 2.45) is 0 Å². The average molecular weight is 354 g/mol. The molecule has 0 fully saturated rings. The number of fused-ring (bicyclic) bond motifs is 1. The lowest BCUT2D eigenvalue weighted by Gasteiger charge is -2.27. The number of rotatable bonds is 2. The molecule has 3 aromatic rings. The third-order valence-electron chi connectivity index (χ3n) is 5.27. The molecule has 4 rings (SSSR count). The first-order valence-electron chi connectivity index (χ1n) is 9.21. The fourth-order valence-electron chi connectivity index (χ4n) is 3.90. The molecule has 0 spiro atoms. The molecule has 0 bridgehead atoms. The molecule has 0 aliphatic heterocycles. The molecule has 1 aliphatic rings. The van der Waals surface area contributed by atoms with Crippen LogP contribution >= 0.6 is 0 Å². The lowest BCUT2D eigenvalue weighted by molar-refractivity contribution is 0.448. The van der Waals surface area contributed by atoms with Crippen molar-refractivity contribution >= 4 is 5.57 Å². The molecule has 0 amide bonds. The van der Waals surface area contributed by atoms with Gasteiger partial charge >= 0.3 is 0 Å². The third-order valence-corrected chi connectivity index (χ3v) is 5.27. The van der Waals surface area contributed by atoms with E-state index in [-0.39, 0.29) is 11.5 Å². The molecule has 0 heterocycles. The molecule has 0 atom stereocenters. The maximum Gasteiger partial charge on any atom is 0.119 e. The summed E-state index contributed by atoms with van der Waals surface area (Å²) in [6.07, 6.45) is 3.33. The van der Waals surface area contributed by atoms with E-state index < -0.39 is 0 Å². The predicted molar refractivity (Wildman–Crippen MR) is 110 cm³/mol. The van der Waals surface area contributed by atoms with Crippen molar-refractivity contribution < 1.29 is 10.2 Å². The van der Waals surface area contributed by atoms with Gasteiger partial charge in [0.25, 0.3) is 0 Å². The number of allylic oxidation sites excluding steroid dienone is 3. The van der Waals surface area contributed by atoms with Crippen LogP contribution in [-0.2, 0) is 12.8 Å². The Balaban J connectivity index is 2.00. The Morgan fingerprint density at radius 2 is 1.19 bits per heavy atom. The van der Waals surface area contributed by atoms with Crippen LogP contribution in [0.25, 0.3) is 5.57 Å². The fraction of sp³-hybridized carbons (Fsp3) is 0.120. The quantitative estimate of drug-likeness (QED) is 0.584. The van der Waals surface area contributed by atoms with E-state index in [1.807, 2.05) is 43.3 Å². The summed E-state index contributed by atoms with van der Waals surface area (Å²) in [6, 6.07) is 23.9. The van der Waals surface area contributed by atoms with Gasteiger partial charge in [-0.25, -0.2) is 0 Å². The van der Waals surface area contributed by atoms with Crippen molar-refractivity contribution in [3.05, 3.63) is 112 Å². The van der Waals surface area contributed by atoms with E-state index >= 15 is 0 Å². The van der Waals surface area contributed by atoms with Crippen LogP contribution in [0.4, 0.5) is 0 Å². The third kappa shape index (κ3) is 3.15. The SMILES string of the molecule is C/C=C1\Cc2c(O)ccc(O)c2CC1=C(c1ccccc1)c1ccccc1. The summed E-state index contributed by atoms with van der Waals surface area (Å²) >= 11 is 0. The molecule has 0 saturated carbocycles. The molecule has 1 aliphatic carbocycles. The average Bonchev–Trinajstić information content (AvgIpc) is 2.72. The van der Waals surface area contributed by atoms with E-state index in [1.165, 1.54) is 16.7 Å². The second-order valence-corrected chi connectivity index (χ2v) is 6.81. The van der Waals surface area contributed by atoms with Crippen LogP contribution in [0.3, 0.4) is 0 Å². The van der Waals surface area contributed by atoms with Gasteiger partial charge in [0.15, 0.2) is 0 Å². The van der Waals surface area contributed by atoms with Crippen LogP contribution in [0, 0.1) is 0 Å². The molecule has 134 valence electrons. The van der Waals surface area contributed by atoms with Gasteiger partial charge in [-0.3, -0.25) is 0 Å². The second kappa shape index (κ2) is 7.16. The van der Waals surface area contributed by atoms with Gasteiger partial charge < -0.3 is 10.2 Å². The largest absolute Gasteiger partial charge is 0.508 e. The highest BCUT2D eigenvalue weighted by Crippen LogP contribution is 2.42. The summed E-state index contributed by atoms with van der Waals surface area (Å²) < 4.78 is 0. The molecule has 0 unspecified atom stereocenters. The normalized spacial score (nSPS) is 14.9. The summed E-state index contributed by atoms with van der Waals surface area (Å²) in [6.45, 7) is 2.04. The maximum atomic E-state index is 10.4. The predicted octanol–water partition coefficient (Wildman–Crippen LogP) is 5.64. The van der Waals surface area contributed by atoms with Crippen LogP contribution < -0.4 is 0 Å². The number of phenols is 2. The lowest BCUT2D eigenvalue weighted by atomic mass is 9.78. The summed E-state index contributed by atoms with van der Waals surface area (Å²) in [5, 5.41) is 20.7. The van der Waals surface area contributed by atoms with Crippen LogP contribution in [0.5, 0.6) is 11.5 Å². The standard InChI is InChI=1S/C25H22O2/c1-2-17-15-21-22(24(27)14-13-23(21)26)16-20(17)25(18-9-5-3-6-10-18)19-11-7-4-8-12-19/h2-14,26-27H,15-16H2,1H3/b17-2+. The summed E-state index contributed by atoms with van der Waals surface area (Å²) in [4.78, 5) is 0. The van der Waals surface area contributed by atoms with Crippen molar-refractivity contribution in [2.45, 2.75) is 19.8 Å². The van der Waals surface area contributed by atoms with Gasteiger partial charge in [-0.2, -0.15) is 0 Å². The molecular weight excluding hydrogens is 332 g/mol. The molecule has 0 aromatic heterocycles. The minimum atomic E-state index is 0.246. The molecule has 2 nitrogen and oxygen atoms in total. The highest BCUT2D eigenvalue weighted by Gasteiger charge is 2.26. The van der Waals surface area contributed by atoms with E-state index in [4.69, 9.17) is 0 Å². The van der Waals surface area contributed by atoms with Crippen molar-refractivity contribution in [1.82, 2.24) is 0 Å². The van der Waals surface area contributed by atoms with Gasteiger partial charge in [-0.15, -0.1) is 0 Å². The molecular formula is C25H22O2. The van der Waals surface area contributed by atoms with Crippen LogP contribution in [0.15, 0.2) is 90.0 Å². The molecule has 2 N–H and O–H groups in total. The van der Waals surface area contributed by atoms with Crippen LogP contribution in [-0.4, -0.2) is 10.2 Å². The zero-order valence-corrected chi connectivity index (χ0v) is 15.3. The van der Waals surface area contributed by atoms with Gasteiger partial charge in [0.05, 0.1) is 0 Å². The smallest absolute Gasteiger partial charge is 0.119 e. The van der Waals surface area contributed by atoms with Gasteiger partial charge in [0, 0.05) is 24.0 Å². The van der Waals surface area contributed by atoms with Gasteiger partial charge in [0.1, 0.15) is 11.5 Å². The van der Waals surface area contributed by atoms with Crippen molar-refractivity contribution in [3.63, 3.8) is 0 Å². The van der Waals surface area contributed by atoms with E-state index in [0.717, 1.165) is 22.3 Å². The summed E-state index contributed by atoms with van der Waals surface area (Å²) in [5.41, 5.74) is 7.52. The Morgan fingerprint density at radius 3 is 1.67 bits per heavy atom. The topological polar surface area (TPSA) is 40.5 Å². The fourth-order valence-corrected chi connectivity index (χ4v) is 3.90. The van der Waals surface area contributed by atoms with E-state index in [1.54, 1.807) is 12.1 Å². The van der Waals surface area contributed by atoms with E-state index in [2.05, 4.69) is 30.3 Å². The number of phenolic OH excluding ortho intramolecular Hbond substituents is 2. The highest BCUT2D eigenvalue weighted by molar-refractivity contribution is 5.86. The number of hydrogen-bond donors (Lipinski definition) is 2. The zero-order valence-electron chi connectivity index (χ0n) is 15.3. The van der Waals surface area contributed by atoms with E-state index in [9.17, 15) is 10.2 Å². The minimum absolute atomic E-state index is 0.246. The van der Waals surface area contributed by atoms with Gasteiger partial charge in [-0.1, -0.05) is 66.7 Å². The van der Waals surface area contributed by atoms with E-state index in [0.29, 0.717) is 12.8 Å².